The molecule has 1 aliphatic heterocycles. The van der Waals surface area contributed by atoms with Crippen LogP contribution in [0.15, 0.2) is 41.8 Å². The average molecular weight is 386 g/mol. The molecule has 1 atom stereocenters. The number of rotatable bonds is 4. The van der Waals surface area contributed by atoms with Gasteiger partial charge in [-0.15, -0.1) is 11.3 Å². The number of nitrogens with zero attached hydrogens (tertiary/aromatic N) is 1. The molecule has 0 spiro atoms. The van der Waals surface area contributed by atoms with Gasteiger partial charge in [-0.3, -0.25) is 4.79 Å². The summed E-state index contributed by atoms with van der Waals surface area (Å²) in [6.07, 6.45) is 2.15. The first kappa shape index (κ1) is 19.4. The lowest BCUT2D eigenvalue weighted by Crippen LogP contribution is -2.38. The number of hydrogen-bond donors (Lipinski definition) is 2. The van der Waals surface area contributed by atoms with Crippen LogP contribution in [-0.2, 0) is 0 Å². The van der Waals surface area contributed by atoms with Crippen LogP contribution in [0.4, 0.5) is 10.5 Å². The van der Waals surface area contributed by atoms with Crippen molar-refractivity contribution in [2.24, 2.45) is 5.41 Å². The summed E-state index contributed by atoms with van der Waals surface area (Å²) in [6.45, 7) is 7.99. The van der Waals surface area contributed by atoms with Gasteiger partial charge in [0.1, 0.15) is 0 Å². The van der Waals surface area contributed by atoms with E-state index < -0.39 is 0 Å². The zero-order valence-electron chi connectivity index (χ0n) is 16.1. The van der Waals surface area contributed by atoms with Gasteiger partial charge in [0.15, 0.2) is 0 Å². The molecule has 3 rings (SSSR count). The lowest BCUT2D eigenvalue weighted by Gasteiger charge is -2.30. The van der Waals surface area contributed by atoms with E-state index in [4.69, 9.17) is 0 Å². The fourth-order valence-electron chi connectivity index (χ4n) is 3.27. The largest absolute Gasteiger partial charge is 0.339 e. The summed E-state index contributed by atoms with van der Waals surface area (Å²) >= 11 is 1.64. The Kier molecular flexibility index (Phi) is 5.85. The Morgan fingerprint density at radius 3 is 2.30 bits per heavy atom. The maximum Gasteiger partial charge on any atom is 0.319 e. The molecular weight excluding hydrogens is 358 g/mol. The van der Waals surface area contributed by atoms with Gasteiger partial charge >= 0.3 is 6.03 Å². The molecule has 6 heteroatoms. The second-order valence-corrected chi connectivity index (χ2v) is 8.97. The van der Waals surface area contributed by atoms with Gasteiger partial charge in [0.2, 0.25) is 0 Å². The van der Waals surface area contributed by atoms with E-state index in [0.29, 0.717) is 11.3 Å². The fraction of sp³-hybridized carbons (Fsp3) is 0.429. The van der Waals surface area contributed by atoms with Gasteiger partial charge in [-0.1, -0.05) is 26.8 Å². The predicted octanol–water partition coefficient (Wildman–Crippen LogP) is 4.89. The van der Waals surface area contributed by atoms with Crippen LogP contribution in [0.2, 0.25) is 0 Å². The first-order chi connectivity index (χ1) is 12.8. The number of anilines is 1. The summed E-state index contributed by atoms with van der Waals surface area (Å²) in [5.41, 5.74) is 1.23. The third-order valence-corrected chi connectivity index (χ3v) is 5.69. The molecule has 0 bridgehead atoms. The fourth-order valence-corrected chi connectivity index (χ4v) is 4.29. The van der Waals surface area contributed by atoms with E-state index >= 15 is 0 Å². The standard InChI is InChI=1S/C21H27N3O2S/c1-21(2,3)18(17-7-6-14-27-17)23-20(26)22-16-10-8-15(9-11-16)19(25)24-12-4-5-13-24/h6-11,14,18H,4-5,12-13H2,1-3H3,(H2,22,23,26)/t18-/m1/s1. The number of hydrogen-bond acceptors (Lipinski definition) is 3. The highest BCUT2D eigenvalue weighted by Crippen LogP contribution is 2.35. The van der Waals surface area contributed by atoms with E-state index in [1.165, 1.54) is 0 Å². The molecule has 0 saturated carbocycles. The summed E-state index contributed by atoms with van der Waals surface area (Å²) in [7, 11) is 0. The molecule has 1 aromatic heterocycles. The molecule has 0 radical (unpaired) electrons. The van der Waals surface area contributed by atoms with Crippen LogP contribution in [0.1, 0.15) is 54.9 Å². The van der Waals surface area contributed by atoms with Crippen molar-refractivity contribution in [3.63, 3.8) is 0 Å². The SMILES string of the molecule is CC(C)(C)[C@H](NC(=O)Nc1ccc(C(=O)N2CCCC2)cc1)c1cccs1. The van der Waals surface area contributed by atoms with Crippen LogP contribution in [-0.4, -0.2) is 29.9 Å². The number of benzene rings is 1. The summed E-state index contributed by atoms with van der Waals surface area (Å²) in [6, 6.07) is 10.8. The summed E-state index contributed by atoms with van der Waals surface area (Å²) in [5, 5.41) is 7.96. The summed E-state index contributed by atoms with van der Waals surface area (Å²) in [5.74, 6) is 0.0639. The second-order valence-electron chi connectivity index (χ2n) is 7.99. The average Bonchev–Trinajstić information content (AvgIpc) is 3.32. The van der Waals surface area contributed by atoms with Crippen LogP contribution in [0, 0.1) is 5.41 Å². The number of nitrogens with one attached hydrogen (secondary N) is 2. The Balaban J connectivity index is 1.62. The van der Waals surface area contributed by atoms with Crippen molar-refractivity contribution in [1.82, 2.24) is 10.2 Å². The van der Waals surface area contributed by atoms with Crippen LogP contribution in [0.25, 0.3) is 0 Å². The predicted molar refractivity (Wildman–Crippen MR) is 110 cm³/mol. The van der Waals surface area contributed by atoms with Gasteiger partial charge in [0, 0.05) is 29.2 Å². The molecule has 2 heterocycles. The van der Waals surface area contributed by atoms with Crippen molar-refractivity contribution < 1.29 is 9.59 Å². The molecule has 144 valence electrons. The van der Waals surface area contributed by atoms with Crippen LogP contribution in [0.5, 0.6) is 0 Å². The lowest BCUT2D eigenvalue weighted by molar-refractivity contribution is 0.0793. The van der Waals surface area contributed by atoms with Gasteiger partial charge in [-0.2, -0.15) is 0 Å². The summed E-state index contributed by atoms with van der Waals surface area (Å²) in [4.78, 5) is 27.9. The quantitative estimate of drug-likeness (QED) is 0.787. The minimum absolute atomic E-state index is 0.0639. The Morgan fingerprint density at radius 2 is 1.74 bits per heavy atom. The summed E-state index contributed by atoms with van der Waals surface area (Å²) < 4.78 is 0. The molecule has 2 aromatic rings. The normalized spacial score (nSPS) is 15.4. The highest BCUT2D eigenvalue weighted by atomic mass is 32.1. The van der Waals surface area contributed by atoms with Crippen molar-refractivity contribution in [1.29, 1.82) is 0 Å². The van der Waals surface area contributed by atoms with Crippen LogP contribution in [0.3, 0.4) is 0 Å². The van der Waals surface area contributed by atoms with E-state index in [9.17, 15) is 9.59 Å². The number of likely N-dealkylation sites (tertiary alicyclic amines) is 1. The Morgan fingerprint density at radius 1 is 1.07 bits per heavy atom. The third-order valence-electron chi connectivity index (χ3n) is 4.75. The zero-order chi connectivity index (χ0) is 19.4. The molecular formula is C21H27N3O2S. The van der Waals surface area contributed by atoms with Gasteiger partial charge in [0.05, 0.1) is 6.04 Å². The molecule has 5 nitrogen and oxygen atoms in total. The Labute approximate surface area is 164 Å². The van der Waals surface area contributed by atoms with Crippen molar-refractivity contribution in [2.75, 3.05) is 18.4 Å². The molecule has 2 N–H and O–H groups in total. The topological polar surface area (TPSA) is 61.4 Å². The van der Waals surface area contributed by atoms with E-state index in [2.05, 4.69) is 31.4 Å². The van der Waals surface area contributed by atoms with E-state index in [0.717, 1.165) is 30.8 Å². The molecule has 0 unspecified atom stereocenters. The van der Waals surface area contributed by atoms with Gasteiger partial charge in [-0.05, 0) is 54.0 Å². The van der Waals surface area contributed by atoms with Gasteiger partial charge < -0.3 is 15.5 Å². The lowest BCUT2D eigenvalue weighted by atomic mass is 9.86. The van der Waals surface area contributed by atoms with E-state index in [1.807, 2.05) is 22.4 Å². The molecule has 1 aliphatic rings. The molecule has 27 heavy (non-hydrogen) atoms. The first-order valence-corrected chi connectivity index (χ1v) is 10.2. The van der Waals surface area contributed by atoms with E-state index in [1.54, 1.807) is 35.6 Å². The van der Waals surface area contributed by atoms with Crippen molar-refractivity contribution in [3.05, 3.63) is 52.2 Å². The maximum atomic E-state index is 12.5. The minimum atomic E-state index is -0.248. The second kappa shape index (κ2) is 8.13. The number of urea groups is 1. The number of amides is 3. The van der Waals surface area contributed by atoms with Gasteiger partial charge in [0.25, 0.3) is 5.91 Å². The molecule has 1 saturated heterocycles. The zero-order valence-corrected chi connectivity index (χ0v) is 16.9. The molecule has 0 aliphatic carbocycles. The van der Waals surface area contributed by atoms with Gasteiger partial charge in [-0.25, -0.2) is 4.79 Å². The van der Waals surface area contributed by atoms with Crippen molar-refractivity contribution in [2.45, 2.75) is 39.7 Å². The number of thiophene rings is 1. The van der Waals surface area contributed by atoms with Crippen molar-refractivity contribution in [3.8, 4) is 0 Å². The number of carbonyl (C=O) groups is 2. The monoisotopic (exact) mass is 385 g/mol. The van der Waals surface area contributed by atoms with E-state index in [-0.39, 0.29) is 23.4 Å². The minimum Gasteiger partial charge on any atom is -0.339 e. The third kappa shape index (κ3) is 4.89. The molecule has 1 aromatic carbocycles. The highest BCUT2D eigenvalue weighted by Gasteiger charge is 2.28. The van der Waals surface area contributed by atoms with Crippen LogP contribution < -0.4 is 10.6 Å². The Hall–Kier alpha value is -2.34. The maximum absolute atomic E-state index is 12.5. The number of carbonyl (C=O) groups excluding carboxylic acids is 2. The molecule has 3 amide bonds. The van der Waals surface area contributed by atoms with Crippen LogP contribution >= 0.6 is 11.3 Å². The smallest absolute Gasteiger partial charge is 0.319 e. The van der Waals surface area contributed by atoms with Crippen molar-refractivity contribution >= 4 is 29.0 Å². The first-order valence-electron chi connectivity index (χ1n) is 9.35. The molecule has 1 fully saturated rings. The Bertz CT molecular complexity index is 773. The highest BCUT2D eigenvalue weighted by molar-refractivity contribution is 7.10.